The van der Waals surface area contributed by atoms with Crippen LogP contribution in [0.3, 0.4) is 0 Å². The summed E-state index contributed by atoms with van der Waals surface area (Å²) in [5, 5.41) is 8.48. The van der Waals surface area contributed by atoms with E-state index in [1.54, 1.807) is 6.92 Å². The van der Waals surface area contributed by atoms with Crippen LogP contribution in [-0.2, 0) is 23.9 Å². The molecule has 0 bridgehead atoms. The number of carboxylic acid groups (broad SMARTS) is 1. The van der Waals surface area contributed by atoms with Crippen molar-refractivity contribution < 1.29 is 29.0 Å². The number of carbonyl (C=O) groups excluding carboxylic acids is 2. The molecule has 0 saturated carbocycles. The summed E-state index contributed by atoms with van der Waals surface area (Å²) in [6.07, 6.45) is 5.55. The molecule has 0 aliphatic carbocycles. The minimum Gasteiger partial charge on any atom is -0.478 e. The molecule has 6 nitrogen and oxygen atoms in total. The molecule has 0 amide bonds. The number of ether oxygens (including phenoxy) is 2. The maximum absolute atomic E-state index is 11.0. The molecule has 1 aromatic rings. The van der Waals surface area contributed by atoms with E-state index in [0.29, 0.717) is 12.0 Å². The zero-order valence-electron chi connectivity index (χ0n) is 16.4. The zero-order chi connectivity index (χ0) is 21.5. The Morgan fingerprint density at radius 2 is 1.71 bits per heavy atom. The first kappa shape index (κ1) is 24.6. The Hall–Kier alpha value is -3.41. The van der Waals surface area contributed by atoms with Gasteiger partial charge < -0.3 is 14.6 Å². The first-order valence-corrected chi connectivity index (χ1v) is 8.48. The quantitative estimate of drug-likeness (QED) is 0.413. The van der Waals surface area contributed by atoms with Crippen molar-refractivity contribution in [2.24, 2.45) is 0 Å². The first-order valence-electron chi connectivity index (χ1n) is 8.48. The van der Waals surface area contributed by atoms with Gasteiger partial charge in [0.15, 0.2) is 0 Å². The molecular weight excluding hydrogens is 360 g/mol. The van der Waals surface area contributed by atoms with Gasteiger partial charge in [0, 0.05) is 11.1 Å². The van der Waals surface area contributed by atoms with E-state index in [2.05, 4.69) is 22.6 Å². The predicted molar refractivity (Wildman–Crippen MR) is 108 cm³/mol. The predicted octanol–water partition coefficient (Wildman–Crippen LogP) is 3.96. The molecule has 0 fully saturated rings. The molecular formula is C22H26O6. The van der Waals surface area contributed by atoms with Crippen molar-refractivity contribution in [3.05, 3.63) is 77.9 Å². The molecule has 0 spiro atoms. The highest BCUT2D eigenvalue weighted by atomic mass is 16.5. The van der Waals surface area contributed by atoms with Crippen LogP contribution in [0.1, 0.15) is 25.8 Å². The second kappa shape index (κ2) is 13.7. The van der Waals surface area contributed by atoms with Crippen LogP contribution in [0.15, 0.2) is 72.4 Å². The Morgan fingerprint density at radius 3 is 2.21 bits per heavy atom. The second-order valence-corrected chi connectivity index (χ2v) is 5.49. The number of methoxy groups -OCH3 is 1. The summed E-state index contributed by atoms with van der Waals surface area (Å²) < 4.78 is 9.15. The van der Waals surface area contributed by atoms with Crippen LogP contribution in [0.5, 0.6) is 0 Å². The number of hydrogen-bond acceptors (Lipinski definition) is 5. The molecule has 0 aliphatic rings. The maximum Gasteiger partial charge on any atom is 0.337 e. The average molecular weight is 386 g/mol. The Bertz CT molecular complexity index is 756. The number of esters is 2. The summed E-state index contributed by atoms with van der Waals surface area (Å²) in [7, 11) is 1.36. The third-order valence-electron chi connectivity index (χ3n) is 3.21. The average Bonchev–Trinajstić information content (AvgIpc) is 2.68. The van der Waals surface area contributed by atoms with Gasteiger partial charge in [0.05, 0.1) is 19.3 Å². The largest absolute Gasteiger partial charge is 0.478 e. The molecule has 1 N–H and O–H groups in total. The lowest BCUT2D eigenvalue weighted by Gasteiger charge is -2.00. The van der Waals surface area contributed by atoms with Gasteiger partial charge in [-0.2, -0.15) is 0 Å². The monoisotopic (exact) mass is 386 g/mol. The fourth-order valence-corrected chi connectivity index (χ4v) is 1.73. The van der Waals surface area contributed by atoms with E-state index in [0.717, 1.165) is 5.56 Å². The number of carboxylic acids is 1. The fraction of sp³-hybridized carbons (Fsp3) is 0.227. The van der Waals surface area contributed by atoms with Gasteiger partial charge >= 0.3 is 17.9 Å². The van der Waals surface area contributed by atoms with Crippen molar-refractivity contribution >= 4 is 24.0 Å². The fourth-order valence-electron chi connectivity index (χ4n) is 1.73. The second-order valence-electron chi connectivity index (χ2n) is 5.49. The van der Waals surface area contributed by atoms with Gasteiger partial charge in [0.25, 0.3) is 0 Å². The minimum absolute atomic E-state index is 0.0433. The molecule has 0 aromatic heterocycles. The lowest BCUT2D eigenvalue weighted by atomic mass is 10.1. The number of carbonyl (C=O) groups is 3. The number of hydrogen-bond donors (Lipinski definition) is 1. The van der Waals surface area contributed by atoms with Crippen molar-refractivity contribution in [3.8, 4) is 0 Å². The molecule has 0 aliphatic heterocycles. The van der Waals surface area contributed by atoms with Crippen LogP contribution in [0.2, 0.25) is 0 Å². The molecule has 6 heteroatoms. The van der Waals surface area contributed by atoms with E-state index in [1.807, 2.05) is 42.5 Å². The Labute approximate surface area is 165 Å². The van der Waals surface area contributed by atoms with Gasteiger partial charge in [0.2, 0.25) is 0 Å². The first-order chi connectivity index (χ1) is 13.2. The summed E-state index contributed by atoms with van der Waals surface area (Å²) in [5.41, 5.74) is 1.67. The normalized spacial score (nSPS) is 10.5. The summed E-state index contributed by atoms with van der Waals surface area (Å²) in [5.74, 6) is -2.03. The molecule has 28 heavy (non-hydrogen) atoms. The lowest BCUT2D eigenvalue weighted by molar-refractivity contribution is -0.138. The van der Waals surface area contributed by atoms with E-state index >= 15 is 0 Å². The van der Waals surface area contributed by atoms with Crippen LogP contribution >= 0.6 is 0 Å². The standard InChI is InChI=1S/C13H14O2.C9H12O4/c1-11(13(14)15-2)7-6-10-12-8-4-3-5-9-12;1-4-13-9(12)7(3)5-6(2)8(10)11/h3-6,8-10H,1,7H2,2H3;5H,3-4H2,1-2H3,(H,10,11). The number of benzene rings is 1. The lowest BCUT2D eigenvalue weighted by Crippen LogP contribution is -2.06. The Morgan fingerprint density at radius 1 is 1.11 bits per heavy atom. The summed E-state index contributed by atoms with van der Waals surface area (Å²) in [4.78, 5) is 32.3. The maximum atomic E-state index is 11.0. The van der Waals surface area contributed by atoms with E-state index in [1.165, 1.54) is 20.1 Å². The van der Waals surface area contributed by atoms with E-state index < -0.39 is 11.9 Å². The Kier molecular flexibility index (Phi) is 12.1. The molecule has 0 saturated heterocycles. The molecule has 0 heterocycles. The molecule has 1 aromatic carbocycles. The van der Waals surface area contributed by atoms with Gasteiger partial charge in [-0.1, -0.05) is 55.6 Å². The highest BCUT2D eigenvalue weighted by Gasteiger charge is 2.07. The number of aliphatic carboxylic acids is 1. The van der Waals surface area contributed by atoms with Gasteiger partial charge in [-0.3, -0.25) is 0 Å². The number of rotatable bonds is 8. The Balaban J connectivity index is 0.000000528. The van der Waals surface area contributed by atoms with Gasteiger partial charge in [0.1, 0.15) is 0 Å². The highest BCUT2D eigenvalue weighted by molar-refractivity contribution is 5.94. The summed E-state index contributed by atoms with van der Waals surface area (Å²) in [6.45, 7) is 10.3. The molecule has 0 atom stereocenters. The van der Waals surface area contributed by atoms with Crippen molar-refractivity contribution in [1.29, 1.82) is 0 Å². The van der Waals surface area contributed by atoms with Crippen LogP contribution in [0.25, 0.3) is 6.08 Å². The van der Waals surface area contributed by atoms with Gasteiger partial charge in [-0.15, -0.1) is 0 Å². The molecule has 1 rings (SSSR count). The van der Waals surface area contributed by atoms with Crippen molar-refractivity contribution in [3.63, 3.8) is 0 Å². The SMILES string of the molecule is C=C(C=C(C)C(=O)O)C(=O)OCC.C=C(CC=Cc1ccccc1)C(=O)OC. The zero-order valence-corrected chi connectivity index (χ0v) is 16.4. The summed E-state index contributed by atoms with van der Waals surface area (Å²) in [6, 6.07) is 9.89. The van der Waals surface area contributed by atoms with E-state index in [-0.39, 0.29) is 23.7 Å². The van der Waals surface area contributed by atoms with Crippen molar-refractivity contribution in [2.45, 2.75) is 20.3 Å². The van der Waals surface area contributed by atoms with Crippen molar-refractivity contribution in [2.75, 3.05) is 13.7 Å². The number of allylic oxidation sites excluding steroid dienone is 1. The minimum atomic E-state index is -1.08. The van der Waals surface area contributed by atoms with Gasteiger partial charge in [-0.25, -0.2) is 14.4 Å². The van der Waals surface area contributed by atoms with Crippen LogP contribution in [0, 0.1) is 0 Å². The van der Waals surface area contributed by atoms with Crippen LogP contribution in [0.4, 0.5) is 0 Å². The van der Waals surface area contributed by atoms with Crippen LogP contribution in [-0.4, -0.2) is 36.7 Å². The third-order valence-corrected chi connectivity index (χ3v) is 3.21. The molecule has 150 valence electrons. The van der Waals surface area contributed by atoms with E-state index in [9.17, 15) is 14.4 Å². The smallest absolute Gasteiger partial charge is 0.337 e. The molecule has 0 unspecified atom stereocenters. The van der Waals surface area contributed by atoms with Gasteiger partial charge in [-0.05, 0) is 31.9 Å². The van der Waals surface area contributed by atoms with E-state index in [4.69, 9.17) is 5.11 Å². The van der Waals surface area contributed by atoms with Crippen molar-refractivity contribution in [1.82, 2.24) is 0 Å². The molecule has 0 radical (unpaired) electrons. The highest BCUT2D eigenvalue weighted by Crippen LogP contribution is 2.06. The van der Waals surface area contributed by atoms with Crippen LogP contribution < -0.4 is 0 Å². The third kappa shape index (κ3) is 10.6. The summed E-state index contributed by atoms with van der Waals surface area (Å²) >= 11 is 0. The topological polar surface area (TPSA) is 89.9 Å².